The predicted molar refractivity (Wildman–Crippen MR) is 109 cm³/mol. The van der Waals surface area contributed by atoms with Crippen molar-refractivity contribution in [1.82, 2.24) is 24.5 Å². The fourth-order valence-corrected chi connectivity index (χ4v) is 5.40. The molecule has 3 rings (SSSR count). The number of hydrogen-bond acceptors (Lipinski definition) is 5. The van der Waals surface area contributed by atoms with Gasteiger partial charge in [-0.05, 0) is 0 Å². The quantitative estimate of drug-likeness (QED) is 0.554. The summed E-state index contributed by atoms with van der Waals surface area (Å²) in [5.41, 5.74) is -0.186. The lowest BCUT2D eigenvalue weighted by Crippen LogP contribution is -2.67. The monoisotopic (exact) mass is 355 g/mol. The van der Waals surface area contributed by atoms with Crippen LogP contribution in [-0.4, -0.2) is 95.0 Å². The van der Waals surface area contributed by atoms with Gasteiger partial charge in [0.15, 0.2) is 0 Å². The first-order valence-corrected chi connectivity index (χ1v) is 9.41. The smallest absolute Gasteiger partial charge is 0.124 e. The van der Waals surface area contributed by atoms with Gasteiger partial charge in [0.2, 0.25) is 0 Å². The van der Waals surface area contributed by atoms with E-state index in [1.54, 1.807) is 0 Å². The topological polar surface area (TPSA) is 16.2 Å². The SMILES string of the molecule is C=CCN1CC23N(CC=C)CN(CC=C)C2(C1)N(CC=C)CN3CC=C. The Labute approximate surface area is 158 Å². The van der Waals surface area contributed by atoms with Gasteiger partial charge in [-0.25, -0.2) is 0 Å². The minimum Gasteiger partial charge on any atom is -0.293 e. The van der Waals surface area contributed by atoms with Crippen molar-refractivity contribution in [3.63, 3.8) is 0 Å². The summed E-state index contributed by atoms with van der Waals surface area (Å²) in [5.74, 6) is 0. The Morgan fingerprint density at radius 3 is 1.12 bits per heavy atom. The van der Waals surface area contributed by atoms with Crippen LogP contribution >= 0.6 is 0 Å². The molecule has 0 bridgehead atoms. The molecule has 3 saturated heterocycles. The van der Waals surface area contributed by atoms with Crippen LogP contribution in [0.5, 0.6) is 0 Å². The molecule has 0 aromatic rings. The minimum atomic E-state index is -0.0928. The first kappa shape index (κ1) is 19.3. The second-order valence-electron chi connectivity index (χ2n) is 7.42. The van der Waals surface area contributed by atoms with E-state index in [4.69, 9.17) is 0 Å². The maximum Gasteiger partial charge on any atom is 0.124 e. The Balaban J connectivity index is 2.14. The van der Waals surface area contributed by atoms with Crippen LogP contribution in [0.3, 0.4) is 0 Å². The zero-order valence-corrected chi connectivity index (χ0v) is 16.0. The zero-order valence-electron chi connectivity index (χ0n) is 16.0. The average Bonchev–Trinajstić information content (AvgIpc) is 3.16. The van der Waals surface area contributed by atoms with Gasteiger partial charge in [0, 0.05) is 45.8 Å². The Morgan fingerprint density at radius 2 is 0.846 bits per heavy atom. The summed E-state index contributed by atoms with van der Waals surface area (Å²) in [4.78, 5) is 12.8. The lowest BCUT2D eigenvalue weighted by Gasteiger charge is -2.46. The Morgan fingerprint density at radius 1 is 0.538 bits per heavy atom. The molecule has 3 aliphatic rings. The molecule has 0 radical (unpaired) electrons. The fraction of sp³-hybridized carbons (Fsp3) is 0.524. The highest BCUT2D eigenvalue weighted by atomic mass is 15.7. The van der Waals surface area contributed by atoms with Crippen LogP contribution in [0.15, 0.2) is 63.3 Å². The van der Waals surface area contributed by atoms with E-state index in [-0.39, 0.29) is 11.3 Å². The van der Waals surface area contributed by atoms with Crippen molar-refractivity contribution >= 4 is 0 Å². The van der Waals surface area contributed by atoms with E-state index in [0.717, 1.165) is 59.2 Å². The molecule has 0 N–H and O–H groups in total. The molecule has 0 unspecified atom stereocenters. The third-order valence-corrected chi connectivity index (χ3v) is 6.09. The van der Waals surface area contributed by atoms with Crippen LogP contribution in [-0.2, 0) is 0 Å². The van der Waals surface area contributed by atoms with Crippen LogP contribution in [0.1, 0.15) is 0 Å². The van der Waals surface area contributed by atoms with Crippen LogP contribution in [0, 0.1) is 0 Å². The summed E-state index contributed by atoms with van der Waals surface area (Å²) < 4.78 is 0. The van der Waals surface area contributed by atoms with Crippen molar-refractivity contribution < 1.29 is 0 Å². The normalized spacial score (nSPS) is 33.1. The standard InChI is InChI=1S/C21H33N5/c1-6-11-22-16-20-21(17-22,24(13-8-3)18-23(20)12-7-2)26(15-10-5)19-25(20)14-9-4/h6-10H,1-5,11-19H2. The minimum absolute atomic E-state index is 0.0928. The molecule has 5 nitrogen and oxygen atoms in total. The molecule has 0 saturated carbocycles. The van der Waals surface area contributed by atoms with E-state index in [9.17, 15) is 0 Å². The third kappa shape index (κ3) is 2.50. The molecule has 142 valence electrons. The highest BCUT2D eigenvalue weighted by molar-refractivity contribution is 5.27. The van der Waals surface area contributed by atoms with E-state index in [1.165, 1.54) is 0 Å². The van der Waals surface area contributed by atoms with Crippen LogP contribution < -0.4 is 0 Å². The van der Waals surface area contributed by atoms with E-state index >= 15 is 0 Å². The van der Waals surface area contributed by atoms with E-state index < -0.39 is 0 Å². The molecule has 0 spiro atoms. The van der Waals surface area contributed by atoms with Gasteiger partial charge in [-0.2, -0.15) is 0 Å². The summed E-state index contributed by atoms with van der Waals surface area (Å²) in [6, 6.07) is 0. The number of likely N-dealkylation sites (tertiary alicyclic amines) is 1. The van der Waals surface area contributed by atoms with E-state index in [1.807, 2.05) is 30.4 Å². The van der Waals surface area contributed by atoms with Crippen molar-refractivity contribution in [3.8, 4) is 0 Å². The Bertz CT molecular complexity index is 505. The molecule has 0 amide bonds. The molecule has 5 heteroatoms. The molecule has 3 fully saturated rings. The molecule has 0 atom stereocenters. The van der Waals surface area contributed by atoms with Crippen molar-refractivity contribution in [3.05, 3.63) is 63.3 Å². The first-order chi connectivity index (χ1) is 12.6. The van der Waals surface area contributed by atoms with Gasteiger partial charge in [0.25, 0.3) is 0 Å². The van der Waals surface area contributed by atoms with Gasteiger partial charge in [-0.3, -0.25) is 24.5 Å². The summed E-state index contributed by atoms with van der Waals surface area (Å²) in [7, 11) is 0. The first-order valence-electron chi connectivity index (χ1n) is 9.41. The second-order valence-corrected chi connectivity index (χ2v) is 7.42. The zero-order chi connectivity index (χ0) is 18.8. The highest BCUT2D eigenvalue weighted by Crippen LogP contribution is 2.54. The number of hydrogen-bond donors (Lipinski definition) is 0. The van der Waals surface area contributed by atoms with Gasteiger partial charge in [0.1, 0.15) is 11.3 Å². The molecular weight excluding hydrogens is 322 g/mol. The lowest BCUT2D eigenvalue weighted by molar-refractivity contribution is -0.0114. The molecule has 3 aliphatic heterocycles. The number of nitrogens with zero attached hydrogens (tertiary/aromatic N) is 5. The molecular formula is C21H33N5. The van der Waals surface area contributed by atoms with Gasteiger partial charge in [-0.15, -0.1) is 32.9 Å². The molecule has 0 aliphatic carbocycles. The van der Waals surface area contributed by atoms with Crippen molar-refractivity contribution in [2.75, 3.05) is 59.2 Å². The van der Waals surface area contributed by atoms with Gasteiger partial charge in [-0.1, -0.05) is 30.4 Å². The summed E-state index contributed by atoms with van der Waals surface area (Å²) in [6.07, 6.45) is 10.1. The van der Waals surface area contributed by atoms with Crippen molar-refractivity contribution in [2.45, 2.75) is 11.3 Å². The van der Waals surface area contributed by atoms with Crippen molar-refractivity contribution in [1.29, 1.82) is 0 Å². The van der Waals surface area contributed by atoms with Crippen LogP contribution in [0.2, 0.25) is 0 Å². The van der Waals surface area contributed by atoms with Gasteiger partial charge >= 0.3 is 0 Å². The predicted octanol–water partition coefficient (Wildman–Crippen LogP) is 1.77. The Kier molecular flexibility index (Phi) is 5.65. The van der Waals surface area contributed by atoms with Crippen LogP contribution in [0.4, 0.5) is 0 Å². The summed E-state index contributed by atoms with van der Waals surface area (Å²) in [5, 5.41) is 0. The molecule has 0 aromatic heterocycles. The van der Waals surface area contributed by atoms with Gasteiger partial charge in [0.05, 0.1) is 13.3 Å². The maximum absolute atomic E-state index is 4.02. The van der Waals surface area contributed by atoms with E-state index in [0.29, 0.717) is 0 Å². The number of rotatable bonds is 10. The maximum atomic E-state index is 4.02. The molecule has 26 heavy (non-hydrogen) atoms. The average molecular weight is 356 g/mol. The second kappa shape index (κ2) is 7.62. The molecule has 3 heterocycles. The highest BCUT2D eigenvalue weighted by Gasteiger charge is 2.75. The largest absolute Gasteiger partial charge is 0.293 e. The summed E-state index contributed by atoms with van der Waals surface area (Å²) in [6.45, 7) is 28.2. The lowest BCUT2D eigenvalue weighted by atomic mass is 9.94. The van der Waals surface area contributed by atoms with E-state index in [2.05, 4.69) is 57.4 Å². The van der Waals surface area contributed by atoms with Gasteiger partial charge < -0.3 is 0 Å². The summed E-state index contributed by atoms with van der Waals surface area (Å²) >= 11 is 0. The van der Waals surface area contributed by atoms with Crippen molar-refractivity contribution in [2.24, 2.45) is 0 Å². The van der Waals surface area contributed by atoms with Crippen LogP contribution in [0.25, 0.3) is 0 Å². The Hall–Kier alpha value is -1.50. The third-order valence-electron chi connectivity index (χ3n) is 6.09. The fourth-order valence-electron chi connectivity index (χ4n) is 5.40. The molecule has 0 aromatic carbocycles.